The molecule has 288 valence electrons. The van der Waals surface area contributed by atoms with Crippen LogP contribution in [0.2, 0.25) is 5.28 Å². The van der Waals surface area contributed by atoms with E-state index in [0.29, 0.717) is 18.0 Å². The van der Waals surface area contributed by atoms with Crippen LogP contribution in [0.3, 0.4) is 0 Å². The fourth-order valence-corrected chi connectivity index (χ4v) is 6.91. The number of nitrogens with zero attached hydrogens (tertiary/aromatic N) is 8. The number of halogens is 1. The zero-order valence-corrected chi connectivity index (χ0v) is 32.9. The molecule has 0 amide bonds. The number of anilines is 3. The maximum Gasteiger partial charge on any atom is 0.227 e. The first-order valence-corrected chi connectivity index (χ1v) is 19.4. The van der Waals surface area contributed by atoms with E-state index in [1.54, 1.807) is 18.6 Å². The molecule has 2 fully saturated rings. The van der Waals surface area contributed by atoms with Crippen molar-refractivity contribution in [1.29, 1.82) is 0 Å². The first kappa shape index (κ1) is 39.5. The van der Waals surface area contributed by atoms with Crippen LogP contribution in [0.15, 0.2) is 85.7 Å². The highest BCUT2D eigenvalue weighted by Crippen LogP contribution is 2.26. The highest BCUT2D eigenvalue weighted by atomic mass is 35.5. The average molecular weight is 763 g/mol. The number of aromatic nitrogens is 8. The fourth-order valence-electron chi connectivity index (χ4n) is 6.76. The van der Waals surface area contributed by atoms with Gasteiger partial charge in [-0.15, -0.1) is 0 Å². The van der Waals surface area contributed by atoms with Crippen molar-refractivity contribution in [2.24, 2.45) is 0 Å². The van der Waals surface area contributed by atoms with Crippen molar-refractivity contribution in [3.05, 3.63) is 113 Å². The standard InChI is InChI=1S/C21H25N5O.C13H13ClN2.C8H13N3O/c1-3-16-4-5-17(12-15(16)2)20-6-9-22-21(25-20)24-18-13-23-26(14-18)19-7-10-27-11-8-19;1-3-10-4-5-11(8-9(10)2)12-6-7-15-13(14)16-12;9-7-5-10-11(6-7)8-1-3-12-4-2-8/h4-6,9,12-14,19H,3,7-8,10-11H2,1-2H3,(H,22,24,25);4-8H,3H2,1-2H3;5-6,8H,1-4,9H2. The molecule has 8 rings (SSSR count). The van der Waals surface area contributed by atoms with Crippen LogP contribution in [-0.2, 0) is 22.3 Å². The summed E-state index contributed by atoms with van der Waals surface area (Å²) >= 11 is 5.77. The van der Waals surface area contributed by atoms with Gasteiger partial charge in [0.25, 0.3) is 0 Å². The van der Waals surface area contributed by atoms with Crippen molar-refractivity contribution >= 4 is 28.9 Å². The highest BCUT2D eigenvalue weighted by molar-refractivity contribution is 6.28. The second-order valence-electron chi connectivity index (χ2n) is 13.7. The predicted molar refractivity (Wildman–Crippen MR) is 219 cm³/mol. The number of ether oxygens (including phenoxy) is 2. The first-order valence-electron chi connectivity index (χ1n) is 19.1. The van der Waals surface area contributed by atoms with Gasteiger partial charge in [-0.2, -0.15) is 10.2 Å². The Morgan fingerprint density at radius 3 is 1.75 bits per heavy atom. The van der Waals surface area contributed by atoms with E-state index in [-0.39, 0.29) is 5.28 Å². The predicted octanol–water partition coefficient (Wildman–Crippen LogP) is 8.79. The Morgan fingerprint density at radius 1 is 0.709 bits per heavy atom. The molecule has 6 heterocycles. The maximum atomic E-state index is 5.77. The Kier molecular flexibility index (Phi) is 14.0. The topological polar surface area (TPSA) is 144 Å². The molecule has 0 unspecified atom stereocenters. The van der Waals surface area contributed by atoms with Crippen LogP contribution in [0.5, 0.6) is 0 Å². The highest BCUT2D eigenvalue weighted by Gasteiger charge is 2.17. The van der Waals surface area contributed by atoms with Gasteiger partial charge < -0.3 is 20.5 Å². The number of nitrogens with two attached hydrogens (primary N) is 1. The quantitative estimate of drug-likeness (QED) is 0.144. The van der Waals surface area contributed by atoms with Crippen molar-refractivity contribution < 1.29 is 9.47 Å². The molecule has 0 spiro atoms. The van der Waals surface area contributed by atoms with E-state index in [1.807, 2.05) is 40.1 Å². The number of hydrogen-bond acceptors (Lipinski definition) is 10. The number of rotatable bonds is 8. The molecule has 2 aliphatic rings. The first-order chi connectivity index (χ1) is 26.8. The molecule has 3 N–H and O–H groups in total. The van der Waals surface area contributed by atoms with Crippen molar-refractivity contribution in [1.82, 2.24) is 39.5 Å². The second-order valence-corrected chi connectivity index (χ2v) is 14.1. The summed E-state index contributed by atoms with van der Waals surface area (Å²) in [5.74, 6) is 0.580. The molecule has 6 aromatic rings. The molecule has 0 radical (unpaired) electrons. The van der Waals surface area contributed by atoms with Gasteiger partial charge >= 0.3 is 0 Å². The smallest absolute Gasteiger partial charge is 0.227 e. The fraction of sp³-hybridized carbons (Fsp3) is 0.381. The van der Waals surface area contributed by atoms with Gasteiger partial charge in [0.05, 0.1) is 47.2 Å². The summed E-state index contributed by atoms with van der Waals surface area (Å²) in [6.07, 6.45) is 17.1. The minimum atomic E-state index is 0.287. The van der Waals surface area contributed by atoms with E-state index >= 15 is 0 Å². The van der Waals surface area contributed by atoms with Crippen LogP contribution in [0, 0.1) is 13.8 Å². The Hall–Kier alpha value is -5.17. The summed E-state index contributed by atoms with van der Waals surface area (Å²) in [6.45, 7) is 11.9. The molecule has 2 saturated heterocycles. The van der Waals surface area contributed by atoms with Crippen molar-refractivity contribution in [3.63, 3.8) is 0 Å². The van der Waals surface area contributed by atoms with Gasteiger partial charge in [-0.25, -0.2) is 19.9 Å². The summed E-state index contributed by atoms with van der Waals surface area (Å²) in [5.41, 5.74) is 16.5. The average Bonchev–Trinajstić information content (AvgIpc) is 3.88. The summed E-state index contributed by atoms with van der Waals surface area (Å²) in [4.78, 5) is 17.1. The zero-order valence-electron chi connectivity index (χ0n) is 32.2. The Labute approximate surface area is 328 Å². The van der Waals surface area contributed by atoms with E-state index in [4.69, 9.17) is 26.8 Å². The molecule has 55 heavy (non-hydrogen) atoms. The lowest BCUT2D eigenvalue weighted by Crippen LogP contribution is -2.19. The van der Waals surface area contributed by atoms with Crippen LogP contribution >= 0.6 is 11.6 Å². The third kappa shape index (κ3) is 11.0. The summed E-state index contributed by atoms with van der Waals surface area (Å²) in [5, 5.41) is 12.2. The molecule has 12 nitrogen and oxygen atoms in total. The largest absolute Gasteiger partial charge is 0.396 e. The van der Waals surface area contributed by atoms with Crippen molar-refractivity contribution in [2.75, 3.05) is 37.5 Å². The van der Waals surface area contributed by atoms with Crippen molar-refractivity contribution in [3.8, 4) is 22.5 Å². The molecular weight excluding hydrogens is 712 g/mol. The Balaban J connectivity index is 0.000000155. The summed E-state index contributed by atoms with van der Waals surface area (Å²) < 4.78 is 14.6. The normalized spacial score (nSPS) is 14.7. The number of benzene rings is 2. The number of nitrogens with one attached hydrogen (secondary N) is 1. The van der Waals surface area contributed by atoms with Crippen LogP contribution < -0.4 is 11.1 Å². The summed E-state index contributed by atoms with van der Waals surface area (Å²) in [7, 11) is 0. The molecule has 13 heteroatoms. The lowest BCUT2D eigenvalue weighted by atomic mass is 10.0. The maximum absolute atomic E-state index is 5.77. The van der Waals surface area contributed by atoms with Crippen molar-refractivity contribution in [2.45, 2.75) is 78.3 Å². The van der Waals surface area contributed by atoms with Gasteiger partial charge in [-0.1, -0.05) is 38.1 Å². The molecule has 0 aliphatic carbocycles. The van der Waals surface area contributed by atoms with E-state index in [1.165, 1.54) is 22.3 Å². The second kappa shape index (κ2) is 19.4. The molecule has 0 saturated carbocycles. The van der Waals surface area contributed by atoms with Gasteiger partial charge in [0.2, 0.25) is 11.2 Å². The molecular formula is C42H51ClN10O2. The van der Waals surface area contributed by atoms with Gasteiger partial charge in [0.15, 0.2) is 0 Å². The molecule has 0 bridgehead atoms. The van der Waals surface area contributed by atoms with Crippen LogP contribution in [0.1, 0.15) is 73.9 Å². The Morgan fingerprint density at radius 2 is 1.24 bits per heavy atom. The monoisotopic (exact) mass is 762 g/mol. The third-order valence-electron chi connectivity index (χ3n) is 9.93. The van der Waals surface area contributed by atoms with E-state index < -0.39 is 0 Å². The minimum absolute atomic E-state index is 0.287. The van der Waals surface area contributed by atoms with Gasteiger partial charge in [0, 0.05) is 62.3 Å². The van der Waals surface area contributed by atoms with Crippen LogP contribution in [-0.4, -0.2) is 65.9 Å². The van der Waals surface area contributed by atoms with E-state index in [0.717, 1.165) is 98.8 Å². The molecule has 2 aromatic carbocycles. The van der Waals surface area contributed by atoms with Crippen LogP contribution in [0.25, 0.3) is 22.5 Å². The number of aryl methyl sites for hydroxylation is 4. The van der Waals surface area contributed by atoms with Crippen LogP contribution in [0.4, 0.5) is 17.3 Å². The lowest BCUT2D eigenvalue weighted by Gasteiger charge is -2.22. The molecule has 4 aromatic heterocycles. The van der Waals surface area contributed by atoms with E-state index in [9.17, 15) is 0 Å². The van der Waals surface area contributed by atoms with Gasteiger partial charge in [0.1, 0.15) is 0 Å². The number of nitrogen functional groups attached to an aromatic ring is 1. The molecule has 2 aliphatic heterocycles. The third-order valence-corrected chi connectivity index (χ3v) is 10.1. The van der Waals surface area contributed by atoms with Gasteiger partial charge in [-0.3, -0.25) is 9.36 Å². The lowest BCUT2D eigenvalue weighted by molar-refractivity contribution is 0.0661. The van der Waals surface area contributed by atoms with E-state index in [2.05, 4.69) is 99.5 Å². The SMILES string of the molecule is CCc1ccc(-c2ccnc(Cl)n2)cc1C.CCc1ccc(-c2ccnc(Nc3cnn(C4CCOCC4)c3)n2)cc1C.Nc1cnn(C2CCOCC2)c1. The zero-order chi connectivity index (χ0) is 38.6. The minimum Gasteiger partial charge on any atom is -0.396 e. The summed E-state index contributed by atoms with van der Waals surface area (Å²) in [6, 6.07) is 17.5. The Bertz CT molecular complexity index is 2120. The van der Waals surface area contributed by atoms with Gasteiger partial charge in [-0.05, 0) is 110 Å². The molecule has 0 atom stereocenters. The number of hydrogen-bond donors (Lipinski definition) is 2.